The zero-order valence-electron chi connectivity index (χ0n) is 27.8. The van der Waals surface area contributed by atoms with Crippen molar-refractivity contribution in [1.29, 1.82) is 0 Å². The quantitative estimate of drug-likeness (QED) is 0.238. The maximum atomic E-state index is 12.9. The topological polar surface area (TPSA) is 89.9 Å². The summed E-state index contributed by atoms with van der Waals surface area (Å²) in [6.45, 7) is 7.91. The zero-order valence-corrected chi connectivity index (χ0v) is 28.6. The SMILES string of the molecule is CC[C@H]1COc2cc3c(cc2O1)C1(CCC(Nc2cccc(Cl)c2)(C(=O)O)CC1)[C@@H](C[C@@H](C)COc1ccnc2c1[C@H](C)CCC2)C3. The van der Waals surface area contributed by atoms with Crippen LogP contribution in [0.2, 0.25) is 5.02 Å². The van der Waals surface area contributed by atoms with Crippen LogP contribution in [0, 0.1) is 11.8 Å². The van der Waals surface area contributed by atoms with E-state index in [1.54, 1.807) is 12.1 Å². The summed E-state index contributed by atoms with van der Waals surface area (Å²) in [5, 5.41) is 14.6. The zero-order chi connectivity index (χ0) is 32.8. The molecule has 2 N–H and O–H groups in total. The van der Waals surface area contributed by atoms with Gasteiger partial charge in [0.05, 0.1) is 6.61 Å². The average molecular weight is 659 g/mol. The fourth-order valence-electron chi connectivity index (χ4n) is 8.92. The predicted molar refractivity (Wildman–Crippen MR) is 184 cm³/mol. The number of hydrogen-bond donors (Lipinski definition) is 2. The van der Waals surface area contributed by atoms with Crippen molar-refractivity contribution >= 4 is 23.3 Å². The molecule has 0 unspecified atom stereocenters. The summed E-state index contributed by atoms with van der Waals surface area (Å²) in [6.07, 6.45) is 10.7. The maximum Gasteiger partial charge on any atom is 0.329 e. The number of benzene rings is 2. The summed E-state index contributed by atoms with van der Waals surface area (Å²) >= 11 is 6.27. The molecule has 250 valence electrons. The Labute approximate surface area is 283 Å². The van der Waals surface area contributed by atoms with Gasteiger partial charge in [-0.25, -0.2) is 4.79 Å². The number of aliphatic carboxylic acids is 1. The summed E-state index contributed by atoms with van der Waals surface area (Å²) in [4.78, 5) is 17.6. The maximum absolute atomic E-state index is 12.9. The first-order valence-corrected chi connectivity index (χ1v) is 17.9. The molecule has 4 atom stereocenters. The molecule has 0 bridgehead atoms. The molecule has 4 aliphatic rings. The van der Waals surface area contributed by atoms with E-state index in [1.165, 1.54) is 35.2 Å². The summed E-state index contributed by atoms with van der Waals surface area (Å²) in [5.41, 5.74) is 4.63. The highest BCUT2D eigenvalue weighted by atomic mass is 35.5. The van der Waals surface area contributed by atoms with Crippen molar-refractivity contribution in [3.05, 3.63) is 76.1 Å². The number of carboxylic acids is 1. The number of carbonyl (C=O) groups is 1. The molecule has 0 radical (unpaired) electrons. The molecule has 0 amide bonds. The molecule has 7 nitrogen and oxygen atoms in total. The molecule has 3 aromatic rings. The van der Waals surface area contributed by atoms with Crippen LogP contribution in [0.1, 0.15) is 100 Å². The van der Waals surface area contributed by atoms with Gasteiger partial charge in [-0.05, 0) is 135 Å². The van der Waals surface area contributed by atoms with E-state index in [4.69, 9.17) is 25.8 Å². The van der Waals surface area contributed by atoms with Crippen LogP contribution >= 0.6 is 11.6 Å². The molecule has 47 heavy (non-hydrogen) atoms. The number of aryl methyl sites for hydroxylation is 1. The van der Waals surface area contributed by atoms with Gasteiger partial charge >= 0.3 is 5.97 Å². The number of aromatic nitrogens is 1. The highest BCUT2D eigenvalue weighted by molar-refractivity contribution is 6.30. The Bertz CT molecular complexity index is 1630. The molecular formula is C39H47ClN2O5. The Morgan fingerprint density at radius 2 is 2.00 bits per heavy atom. The normalized spacial score (nSPS) is 28.3. The van der Waals surface area contributed by atoms with Crippen molar-refractivity contribution < 1.29 is 24.1 Å². The molecule has 0 saturated heterocycles. The standard InChI is InChI=1S/C39H47ClN2O5/c1-4-30-23-46-34-19-26-18-27(17-24(2)22-45-33-11-16-41-32-10-5-7-25(3)36(32)33)38(31(26)21-35(34)47-30)12-14-39(15-13-38,37(43)44)42-29-9-6-8-28(40)20-29/h6,8-9,11,16,19-21,24-25,27,30,42H,4-5,7,10,12-15,17-18,22-23H2,1-3H3,(H,43,44)/t24-,25-,27+,30+,38?,39?/m1/s1. The molecular weight excluding hydrogens is 612 g/mol. The largest absolute Gasteiger partial charge is 0.493 e. The second-order valence-electron chi connectivity index (χ2n) is 14.6. The third kappa shape index (κ3) is 6.05. The number of nitrogens with one attached hydrogen (secondary N) is 1. The molecule has 2 aromatic carbocycles. The Morgan fingerprint density at radius 1 is 1.17 bits per heavy atom. The van der Waals surface area contributed by atoms with Gasteiger partial charge in [-0.2, -0.15) is 0 Å². The van der Waals surface area contributed by atoms with E-state index in [0.717, 1.165) is 61.5 Å². The lowest BCUT2D eigenvalue weighted by atomic mass is 9.59. The first-order chi connectivity index (χ1) is 22.7. The van der Waals surface area contributed by atoms with Crippen LogP contribution in [-0.4, -0.2) is 40.9 Å². The van der Waals surface area contributed by atoms with Gasteiger partial charge in [-0.15, -0.1) is 0 Å². The summed E-state index contributed by atoms with van der Waals surface area (Å²) in [5.74, 6) is 2.96. The molecule has 1 aliphatic heterocycles. The van der Waals surface area contributed by atoms with Gasteiger partial charge in [0.1, 0.15) is 24.0 Å². The van der Waals surface area contributed by atoms with Crippen molar-refractivity contribution in [3.8, 4) is 17.2 Å². The number of pyridine rings is 1. The average Bonchev–Trinajstić information content (AvgIpc) is 3.34. The predicted octanol–water partition coefficient (Wildman–Crippen LogP) is 8.75. The Morgan fingerprint density at radius 3 is 2.77 bits per heavy atom. The number of anilines is 1. The van der Waals surface area contributed by atoms with E-state index in [0.29, 0.717) is 48.8 Å². The summed E-state index contributed by atoms with van der Waals surface area (Å²) in [6, 6.07) is 13.8. The Balaban J connectivity index is 1.15. The molecule has 1 fully saturated rings. The molecule has 1 aromatic heterocycles. The Kier molecular flexibility index (Phi) is 8.79. The first-order valence-electron chi connectivity index (χ1n) is 17.5. The highest BCUT2D eigenvalue weighted by Gasteiger charge is 2.54. The molecule has 1 saturated carbocycles. The van der Waals surface area contributed by atoms with Gasteiger partial charge in [0.25, 0.3) is 0 Å². The summed E-state index contributed by atoms with van der Waals surface area (Å²) in [7, 11) is 0. The number of fused-ring (bicyclic) bond motifs is 4. The molecule has 7 rings (SSSR count). The lowest BCUT2D eigenvalue weighted by molar-refractivity contribution is -0.144. The molecule has 1 spiro atoms. The fraction of sp³-hybridized carbons (Fsp3) is 0.538. The van der Waals surface area contributed by atoms with Crippen LogP contribution in [0.25, 0.3) is 0 Å². The number of hydrogen-bond acceptors (Lipinski definition) is 6. The molecule has 2 heterocycles. The van der Waals surface area contributed by atoms with Crippen LogP contribution in [0.3, 0.4) is 0 Å². The van der Waals surface area contributed by atoms with E-state index in [9.17, 15) is 9.90 Å². The van der Waals surface area contributed by atoms with E-state index < -0.39 is 11.5 Å². The van der Waals surface area contributed by atoms with E-state index in [1.807, 2.05) is 24.4 Å². The number of carboxylic acid groups (broad SMARTS) is 1. The van der Waals surface area contributed by atoms with Crippen molar-refractivity contribution in [2.45, 2.75) is 108 Å². The second-order valence-corrected chi connectivity index (χ2v) is 15.0. The van der Waals surface area contributed by atoms with E-state index >= 15 is 0 Å². The third-order valence-electron chi connectivity index (χ3n) is 11.5. The molecule has 8 heteroatoms. The van der Waals surface area contributed by atoms with Crippen LogP contribution in [0.15, 0.2) is 48.7 Å². The van der Waals surface area contributed by atoms with Gasteiger partial charge in [0.2, 0.25) is 0 Å². The van der Waals surface area contributed by atoms with Crippen LogP contribution in [0.4, 0.5) is 5.69 Å². The van der Waals surface area contributed by atoms with Gasteiger partial charge in [0, 0.05) is 28.2 Å². The third-order valence-corrected chi connectivity index (χ3v) is 11.8. The van der Waals surface area contributed by atoms with Gasteiger partial charge < -0.3 is 24.6 Å². The fourth-order valence-corrected chi connectivity index (χ4v) is 9.11. The van der Waals surface area contributed by atoms with Gasteiger partial charge in [0.15, 0.2) is 11.5 Å². The van der Waals surface area contributed by atoms with Gasteiger partial charge in [-0.3, -0.25) is 4.98 Å². The number of halogens is 1. The highest BCUT2D eigenvalue weighted by Crippen LogP contribution is 2.58. The minimum Gasteiger partial charge on any atom is -0.493 e. The number of ether oxygens (including phenoxy) is 3. The van der Waals surface area contributed by atoms with Crippen LogP contribution in [-0.2, 0) is 23.1 Å². The number of nitrogens with zero attached hydrogens (tertiary/aromatic N) is 1. The van der Waals surface area contributed by atoms with E-state index in [-0.39, 0.29) is 11.5 Å². The van der Waals surface area contributed by atoms with E-state index in [2.05, 4.69) is 43.2 Å². The lowest BCUT2D eigenvalue weighted by Crippen LogP contribution is -2.53. The van der Waals surface area contributed by atoms with Gasteiger partial charge in [-0.1, -0.05) is 38.4 Å². The first kappa shape index (κ1) is 32.1. The second kappa shape index (κ2) is 12.9. The molecule has 3 aliphatic carbocycles. The minimum absolute atomic E-state index is 0.0421. The smallest absolute Gasteiger partial charge is 0.329 e. The Hall–Kier alpha value is -3.45. The van der Waals surface area contributed by atoms with Crippen LogP contribution in [0.5, 0.6) is 17.2 Å². The summed E-state index contributed by atoms with van der Waals surface area (Å²) < 4.78 is 19.1. The lowest BCUT2D eigenvalue weighted by Gasteiger charge is -2.47. The number of rotatable bonds is 9. The van der Waals surface area contributed by atoms with Crippen molar-refractivity contribution in [1.82, 2.24) is 4.98 Å². The van der Waals surface area contributed by atoms with Crippen LogP contribution < -0.4 is 19.5 Å². The monoisotopic (exact) mass is 658 g/mol. The minimum atomic E-state index is -1.06. The van der Waals surface area contributed by atoms with Crippen molar-refractivity contribution in [2.75, 3.05) is 18.5 Å². The van der Waals surface area contributed by atoms with Crippen molar-refractivity contribution in [3.63, 3.8) is 0 Å². The van der Waals surface area contributed by atoms with Crippen molar-refractivity contribution in [2.24, 2.45) is 11.8 Å².